The number of para-hydroxylation sites is 1. The van der Waals surface area contributed by atoms with Crippen molar-refractivity contribution in [3.8, 4) is 0 Å². The van der Waals surface area contributed by atoms with Crippen molar-refractivity contribution in [3.63, 3.8) is 0 Å². The number of hydrogen-bond donors (Lipinski definition) is 1. The predicted octanol–water partition coefficient (Wildman–Crippen LogP) is 1.97. The third-order valence-corrected chi connectivity index (χ3v) is 3.41. The standard InChI is InChI=1S/C13H18N2/c1-2-4-13(12(3-1)11-5-6-11)15-9-7-14-8-10-15/h1-4,11,14H,5-10H2. The maximum Gasteiger partial charge on any atom is 0.0402 e. The molecule has 1 aliphatic heterocycles. The van der Waals surface area contributed by atoms with Gasteiger partial charge < -0.3 is 10.2 Å². The molecule has 0 aromatic heterocycles. The summed E-state index contributed by atoms with van der Waals surface area (Å²) in [6, 6.07) is 8.95. The topological polar surface area (TPSA) is 15.3 Å². The van der Waals surface area contributed by atoms with E-state index >= 15 is 0 Å². The summed E-state index contributed by atoms with van der Waals surface area (Å²) in [4.78, 5) is 2.53. The van der Waals surface area contributed by atoms with Gasteiger partial charge in [-0.15, -0.1) is 0 Å². The van der Waals surface area contributed by atoms with Crippen molar-refractivity contribution < 1.29 is 0 Å². The molecule has 2 nitrogen and oxygen atoms in total. The van der Waals surface area contributed by atoms with E-state index in [9.17, 15) is 0 Å². The maximum absolute atomic E-state index is 3.41. The summed E-state index contributed by atoms with van der Waals surface area (Å²) in [6.45, 7) is 4.56. The molecule has 0 atom stereocenters. The van der Waals surface area contributed by atoms with Crippen LogP contribution in [0, 0.1) is 0 Å². The van der Waals surface area contributed by atoms with Crippen LogP contribution in [-0.2, 0) is 0 Å². The lowest BCUT2D eigenvalue weighted by atomic mass is 10.1. The van der Waals surface area contributed by atoms with E-state index in [0.717, 1.165) is 32.1 Å². The van der Waals surface area contributed by atoms with Gasteiger partial charge in [0, 0.05) is 31.9 Å². The predicted molar refractivity (Wildman–Crippen MR) is 63.5 cm³/mol. The summed E-state index contributed by atoms with van der Waals surface area (Å²) < 4.78 is 0. The second-order valence-electron chi connectivity index (χ2n) is 4.57. The monoisotopic (exact) mass is 202 g/mol. The highest BCUT2D eigenvalue weighted by atomic mass is 15.2. The van der Waals surface area contributed by atoms with Crippen molar-refractivity contribution in [2.75, 3.05) is 31.1 Å². The first-order valence-electron chi connectivity index (χ1n) is 6.00. The minimum atomic E-state index is 0.857. The van der Waals surface area contributed by atoms with Crippen LogP contribution in [0.3, 0.4) is 0 Å². The lowest BCUT2D eigenvalue weighted by Crippen LogP contribution is -2.43. The van der Waals surface area contributed by atoms with Crippen LogP contribution < -0.4 is 10.2 Å². The van der Waals surface area contributed by atoms with Crippen LogP contribution in [0.15, 0.2) is 24.3 Å². The third kappa shape index (κ3) is 1.86. The number of nitrogens with one attached hydrogen (secondary N) is 1. The minimum Gasteiger partial charge on any atom is -0.369 e. The number of anilines is 1. The summed E-state index contributed by atoms with van der Waals surface area (Å²) in [7, 11) is 0. The molecule has 1 saturated heterocycles. The van der Waals surface area contributed by atoms with Crippen molar-refractivity contribution in [3.05, 3.63) is 29.8 Å². The van der Waals surface area contributed by atoms with E-state index in [4.69, 9.17) is 0 Å². The van der Waals surface area contributed by atoms with Gasteiger partial charge in [-0.1, -0.05) is 18.2 Å². The number of piperazine rings is 1. The zero-order valence-electron chi connectivity index (χ0n) is 9.08. The van der Waals surface area contributed by atoms with Crippen molar-refractivity contribution in [1.82, 2.24) is 5.32 Å². The van der Waals surface area contributed by atoms with Gasteiger partial charge in [0.05, 0.1) is 0 Å². The molecular weight excluding hydrogens is 184 g/mol. The summed E-state index contributed by atoms with van der Waals surface area (Å²) >= 11 is 0. The molecule has 1 saturated carbocycles. The van der Waals surface area contributed by atoms with Gasteiger partial charge in [-0.2, -0.15) is 0 Å². The molecule has 0 unspecified atom stereocenters. The molecule has 1 heterocycles. The Balaban J connectivity index is 1.88. The van der Waals surface area contributed by atoms with Gasteiger partial charge in [0.15, 0.2) is 0 Å². The first-order valence-corrected chi connectivity index (χ1v) is 6.00. The van der Waals surface area contributed by atoms with Gasteiger partial charge in [-0.05, 0) is 30.4 Å². The number of hydrogen-bond acceptors (Lipinski definition) is 2. The highest BCUT2D eigenvalue weighted by Crippen LogP contribution is 2.44. The van der Waals surface area contributed by atoms with Crippen LogP contribution in [0.5, 0.6) is 0 Å². The molecule has 2 fully saturated rings. The average Bonchev–Trinajstić information content (AvgIpc) is 3.14. The van der Waals surface area contributed by atoms with E-state index in [0.29, 0.717) is 0 Å². The van der Waals surface area contributed by atoms with E-state index in [1.165, 1.54) is 18.5 Å². The number of benzene rings is 1. The molecule has 0 amide bonds. The minimum absolute atomic E-state index is 0.857. The molecule has 1 aromatic carbocycles. The molecule has 1 N–H and O–H groups in total. The Morgan fingerprint density at radius 3 is 2.53 bits per heavy atom. The van der Waals surface area contributed by atoms with Crippen LogP contribution in [0.4, 0.5) is 5.69 Å². The second kappa shape index (κ2) is 3.86. The van der Waals surface area contributed by atoms with E-state index in [2.05, 4.69) is 34.5 Å². The van der Waals surface area contributed by atoms with Gasteiger partial charge in [-0.3, -0.25) is 0 Å². The van der Waals surface area contributed by atoms with E-state index < -0.39 is 0 Å². The zero-order valence-corrected chi connectivity index (χ0v) is 9.08. The van der Waals surface area contributed by atoms with Crippen molar-refractivity contribution in [2.24, 2.45) is 0 Å². The summed E-state index contributed by atoms with van der Waals surface area (Å²) in [5, 5.41) is 3.41. The Kier molecular flexibility index (Phi) is 2.37. The molecule has 2 heteroatoms. The van der Waals surface area contributed by atoms with Gasteiger partial charge in [0.25, 0.3) is 0 Å². The Morgan fingerprint density at radius 1 is 1.07 bits per heavy atom. The van der Waals surface area contributed by atoms with Crippen LogP contribution in [0.2, 0.25) is 0 Å². The summed E-state index contributed by atoms with van der Waals surface area (Å²) in [6.07, 6.45) is 2.78. The second-order valence-corrected chi connectivity index (χ2v) is 4.57. The largest absolute Gasteiger partial charge is 0.369 e. The van der Waals surface area contributed by atoms with Gasteiger partial charge in [-0.25, -0.2) is 0 Å². The molecule has 2 aliphatic rings. The van der Waals surface area contributed by atoms with Gasteiger partial charge in [0.1, 0.15) is 0 Å². The molecule has 80 valence electrons. The Hall–Kier alpha value is -1.02. The molecule has 15 heavy (non-hydrogen) atoms. The van der Waals surface area contributed by atoms with E-state index in [-0.39, 0.29) is 0 Å². The Bertz CT molecular complexity index is 338. The Labute approximate surface area is 91.3 Å². The molecule has 0 bridgehead atoms. The van der Waals surface area contributed by atoms with E-state index in [1.54, 1.807) is 5.56 Å². The van der Waals surface area contributed by atoms with Crippen LogP contribution >= 0.6 is 0 Å². The van der Waals surface area contributed by atoms with Crippen molar-refractivity contribution >= 4 is 5.69 Å². The van der Waals surface area contributed by atoms with Crippen LogP contribution in [-0.4, -0.2) is 26.2 Å². The molecule has 3 rings (SSSR count). The normalized spacial score (nSPS) is 21.7. The quantitative estimate of drug-likeness (QED) is 0.789. The van der Waals surface area contributed by atoms with Crippen molar-refractivity contribution in [1.29, 1.82) is 0 Å². The van der Waals surface area contributed by atoms with Gasteiger partial charge in [0.2, 0.25) is 0 Å². The highest BCUT2D eigenvalue weighted by Gasteiger charge is 2.27. The molecule has 1 aliphatic carbocycles. The first-order chi connectivity index (χ1) is 7.45. The van der Waals surface area contributed by atoms with E-state index in [1.807, 2.05) is 0 Å². The molecule has 1 aromatic rings. The fourth-order valence-electron chi connectivity index (χ4n) is 2.42. The van der Waals surface area contributed by atoms with Crippen LogP contribution in [0.1, 0.15) is 24.3 Å². The number of nitrogens with zero attached hydrogens (tertiary/aromatic N) is 1. The molecule has 0 radical (unpaired) electrons. The van der Waals surface area contributed by atoms with Crippen LogP contribution in [0.25, 0.3) is 0 Å². The molecule has 0 spiro atoms. The third-order valence-electron chi connectivity index (χ3n) is 3.41. The Morgan fingerprint density at radius 2 is 1.80 bits per heavy atom. The highest BCUT2D eigenvalue weighted by molar-refractivity contribution is 5.56. The summed E-state index contributed by atoms with van der Waals surface area (Å²) in [5.41, 5.74) is 3.07. The maximum atomic E-state index is 3.41. The first kappa shape index (κ1) is 9.22. The zero-order chi connectivity index (χ0) is 10.1. The molecular formula is C13H18N2. The SMILES string of the molecule is c1ccc(N2CCNCC2)c(C2CC2)c1. The smallest absolute Gasteiger partial charge is 0.0402 e. The number of rotatable bonds is 2. The lowest BCUT2D eigenvalue weighted by molar-refractivity contribution is 0.588. The fraction of sp³-hybridized carbons (Fsp3) is 0.538. The van der Waals surface area contributed by atoms with Gasteiger partial charge >= 0.3 is 0 Å². The van der Waals surface area contributed by atoms with Crippen molar-refractivity contribution in [2.45, 2.75) is 18.8 Å². The average molecular weight is 202 g/mol. The fourth-order valence-corrected chi connectivity index (χ4v) is 2.42. The summed E-state index contributed by atoms with van der Waals surface area (Å²) in [5.74, 6) is 0.857. The lowest BCUT2D eigenvalue weighted by Gasteiger charge is -2.31.